The third-order valence-electron chi connectivity index (χ3n) is 4.00. The van der Waals surface area contributed by atoms with E-state index in [1.807, 2.05) is 66.2 Å². The van der Waals surface area contributed by atoms with Crippen molar-refractivity contribution in [3.8, 4) is 17.1 Å². The third-order valence-corrected chi connectivity index (χ3v) is 4.00. The van der Waals surface area contributed by atoms with Gasteiger partial charge in [0.05, 0.1) is 12.2 Å². The summed E-state index contributed by atoms with van der Waals surface area (Å²) in [5, 5.41) is 16.1. The minimum atomic E-state index is 0.596. The Balaban J connectivity index is 1.46. The Labute approximate surface area is 145 Å². The molecule has 0 aliphatic rings. The number of hydrogen-bond donors (Lipinski definition) is 1. The van der Waals surface area contributed by atoms with Crippen LogP contribution in [0.5, 0.6) is 0 Å². The lowest BCUT2D eigenvalue weighted by atomic mass is 10.2. The second kappa shape index (κ2) is 6.56. The maximum absolute atomic E-state index is 4.30. The van der Waals surface area contributed by atoms with Crippen molar-refractivity contribution in [3.05, 3.63) is 73.1 Å². The van der Waals surface area contributed by atoms with Gasteiger partial charge in [0.2, 0.25) is 0 Å². The first kappa shape index (κ1) is 15.1. The number of rotatable bonds is 5. The topological polar surface area (TPSA) is 73.5 Å². The Morgan fingerprint density at radius 1 is 0.960 bits per heavy atom. The Morgan fingerprint density at radius 3 is 2.48 bits per heavy atom. The summed E-state index contributed by atoms with van der Waals surface area (Å²) in [5.74, 6) is 1.73. The molecule has 0 saturated carbocycles. The van der Waals surface area contributed by atoms with Crippen molar-refractivity contribution in [3.63, 3.8) is 0 Å². The minimum Gasteiger partial charge on any atom is -0.378 e. The SMILES string of the molecule is Cn1c(CNc2ccc(-n3cncn3)cc2)nnc1-c1ccccc1. The summed E-state index contributed by atoms with van der Waals surface area (Å²) >= 11 is 0. The van der Waals surface area contributed by atoms with Gasteiger partial charge in [-0.3, -0.25) is 0 Å². The predicted octanol–water partition coefficient (Wildman–Crippen LogP) is 2.67. The highest BCUT2D eigenvalue weighted by Gasteiger charge is 2.10. The van der Waals surface area contributed by atoms with Gasteiger partial charge in [-0.1, -0.05) is 30.3 Å². The molecule has 0 atom stereocenters. The number of anilines is 1. The molecule has 25 heavy (non-hydrogen) atoms. The van der Waals surface area contributed by atoms with E-state index in [4.69, 9.17) is 0 Å². The van der Waals surface area contributed by atoms with Gasteiger partial charge >= 0.3 is 0 Å². The lowest BCUT2D eigenvalue weighted by Crippen LogP contribution is -2.06. The fourth-order valence-electron chi connectivity index (χ4n) is 2.61. The molecule has 0 aliphatic carbocycles. The van der Waals surface area contributed by atoms with Gasteiger partial charge in [0.1, 0.15) is 12.7 Å². The molecule has 0 aliphatic heterocycles. The standard InChI is InChI=1S/C18H17N7/c1-24-17(22-23-18(24)14-5-3-2-4-6-14)11-20-15-7-9-16(10-8-15)25-13-19-12-21-25/h2-10,12-13,20H,11H2,1H3. The highest BCUT2D eigenvalue weighted by molar-refractivity contribution is 5.55. The zero-order valence-corrected chi connectivity index (χ0v) is 13.7. The van der Waals surface area contributed by atoms with Crippen molar-refractivity contribution in [2.75, 3.05) is 5.32 Å². The van der Waals surface area contributed by atoms with E-state index in [0.29, 0.717) is 6.54 Å². The van der Waals surface area contributed by atoms with Crippen molar-refractivity contribution in [1.82, 2.24) is 29.5 Å². The number of nitrogens with one attached hydrogen (secondary N) is 1. The van der Waals surface area contributed by atoms with Gasteiger partial charge in [-0.2, -0.15) is 5.10 Å². The first-order valence-corrected chi connectivity index (χ1v) is 7.94. The summed E-state index contributed by atoms with van der Waals surface area (Å²) in [4.78, 5) is 3.95. The number of nitrogens with zero attached hydrogens (tertiary/aromatic N) is 6. The van der Waals surface area contributed by atoms with Crippen LogP contribution in [0.3, 0.4) is 0 Å². The second-order valence-electron chi connectivity index (χ2n) is 5.61. The summed E-state index contributed by atoms with van der Waals surface area (Å²) in [7, 11) is 1.98. The van der Waals surface area contributed by atoms with Crippen LogP contribution < -0.4 is 5.32 Å². The largest absolute Gasteiger partial charge is 0.378 e. The number of hydrogen-bond acceptors (Lipinski definition) is 5. The average molecular weight is 331 g/mol. The maximum atomic E-state index is 4.30. The summed E-state index contributed by atoms with van der Waals surface area (Å²) in [6, 6.07) is 18.0. The Bertz CT molecular complexity index is 941. The van der Waals surface area contributed by atoms with E-state index in [1.54, 1.807) is 11.0 Å². The van der Waals surface area contributed by atoms with E-state index < -0.39 is 0 Å². The van der Waals surface area contributed by atoms with E-state index in [9.17, 15) is 0 Å². The van der Waals surface area contributed by atoms with Crippen molar-refractivity contribution < 1.29 is 0 Å². The normalized spacial score (nSPS) is 10.8. The molecule has 7 heteroatoms. The van der Waals surface area contributed by atoms with Gasteiger partial charge in [-0.25, -0.2) is 9.67 Å². The molecule has 0 unspecified atom stereocenters. The number of benzene rings is 2. The molecule has 0 saturated heterocycles. The van der Waals surface area contributed by atoms with Crippen molar-refractivity contribution in [1.29, 1.82) is 0 Å². The van der Waals surface area contributed by atoms with Crippen LogP contribution in [0.15, 0.2) is 67.3 Å². The molecule has 124 valence electrons. The van der Waals surface area contributed by atoms with Gasteiger partial charge in [0.25, 0.3) is 0 Å². The maximum Gasteiger partial charge on any atom is 0.163 e. The second-order valence-corrected chi connectivity index (χ2v) is 5.61. The summed E-state index contributed by atoms with van der Waals surface area (Å²) in [5.41, 5.74) is 3.03. The first-order valence-electron chi connectivity index (χ1n) is 7.94. The van der Waals surface area contributed by atoms with Crippen LogP contribution in [-0.4, -0.2) is 29.5 Å². The van der Waals surface area contributed by atoms with Crippen LogP contribution in [0.1, 0.15) is 5.82 Å². The van der Waals surface area contributed by atoms with Gasteiger partial charge in [-0.15, -0.1) is 10.2 Å². The highest BCUT2D eigenvalue weighted by Crippen LogP contribution is 2.18. The smallest absolute Gasteiger partial charge is 0.163 e. The Hall–Kier alpha value is -3.48. The lowest BCUT2D eigenvalue weighted by molar-refractivity contribution is 0.817. The molecule has 0 spiro atoms. The highest BCUT2D eigenvalue weighted by atomic mass is 15.3. The van der Waals surface area contributed by atoms with Crippen LogP contribution in [-0.2, 0) is 13.6 Å². The van der Waals surface area contributed by atoms with Crippen LogP contribution in [0, 0.1) is 0 Å². The fourth-order valence-corrected chi connectivity index (χ4v) is 2.61. The molecule has 2 aromatic carbocycles. The van der Waals surface area contributed by atoms with Crippen LogP contribution in [0.25, 0.3) is 17.1 Å². The molecular formula is C18H17N7. The molecule has 2 aromatic heterocycles. The molecular weight excluding hydrogens is 314 g/mol. The summed E-state index contributed by atoms with van der Waals surface area (Å²) in [6.07, 6.45) is 3.19. The minimum absolute atomic E-state index is 0.596. The molecule has 0 bridgehead atoms. The average Bonchev–Trinajstić information content (AvgIpc) is 3.31. The van der Waals surface area contributed by atoms with Crippen molar-refractivity contribution in [2.24, 2.45) is 7.05 Å². The van der Waals surface area contributed by atoms with E-state index in [0.717, 1.165) is 28.6 Å². The van der Waals surface area contributed by atoms with Crippen LogP contribution in [0.4, 0.5) is 5.69 Å². The molecule has 0 radical (unpaired) electrons. The van der Waals surface area contributed by atoms with E-state index in [-0.39, 0.29) is 0 Å². The molecule has 2 heterocycles. The molecule has 4 rings (SSSR count). The van der Waals surface area contributed by atoms with Gasteiger partial charge in [0.15, 0.2) is 11.6 Å². The van der Waals surface area contributed by atoms with E-state index >= 15 is 0 Å². The van der Waals surface area contributed by atoms with Gasteiger partial charge in [-0.05, 0) is 24.3 Å². The van der Waals surface area contributed by atoms with Crippen molar-refractivity contribution >= 4 is 5.69 Å². The van der Waals surface area contributed by atoms with E-state index in [1.165, 1.54) is 6.33 Å². The zero-order valence-electron chi connectivity index (χ0n) is 13.7. The Morgan fingerprint density at radius 2 is 1.76 bits per heavy atom. The van der Waals surface area contributed by atoms with Gasteiger partial charge in [0, 0.05) is 18.3 Å². The molecule has 4 aromatic rings. The molecule has 0 amide bonds. The molecule has 0 fully saturated rings. The molecule has 7 nitrogen and oxygen atoms in total. The Kier molecular flexibility index (Phi) is 3.96. The van der Waals surface area contributed by atoms with Crippen molar-refractivity contribution in [2.45, 2.75) is 6.54 Å². The van der Waals surface area contributed by atoms with Gasteiger partial charge < -0.3 is 9.88 Å². The van der Waals surface area contributed by atoms with E-state index in [2.05, 4.69) is 25.6 Å². The zero-order chi connectivity index (χ0) is 17.1. The first-order chi connectivity index (χ1) is 12.3. The van der Waals surface area contributed by atoms with Crippen LogP contribution in [0.2, 0.25) is 0 Å². The fraction of sp³-hybridized carbons (Fsp3) is 0.111. The number of aromatic nitrogens is 6. The predicted molar refractivity (Wildman–Crippen MR) is 95.1 cm³/mol. The molecule has 1 N–H and O–H groups in total. The lowest BCUT2D eigenvalue weighted by Gasteiger charge is -2.08. The quantitative estimate of drug-likeness (QED) is 0.609. The summed E-state index contributed by atoms with van der Waals surface area (Å²) < 4.78 is 3.73. The summed E-state index contributed by atoms with van der Waals surface area (Å²) in [6.45, 7) is 0.596. The monoisotopic (exact) mass is 331 g/mol. The van der Waals surface area contributed by atoms with Crippen LogP contribution >= 0.6 is 0 Å². The third kappa shape index (κ3) is 3.12.